The fourth-order valence-electron chi connectivity index (χ4n) is 3.01. The minimum absolute atomic E-state index is 0.335. The lowest BCUT2D eigenvalue weighted by atomic mass is 9.84. The molecule has 0 spiro atoms. The average molecular weight is 279 g/mol. The van der Waals surface area contributed by atoms with Crippen LogP contribution in [0.3, 0.4) is 0 Å². The number of aryl methyl sites for hydroxylation is 1. The Hall–Kier alpha value is -1.29. The molecular formula is C16H25NO3. The van der Waals surface area contributed by atoms with E-state index in [0.717, 1.165) is 11.7 Å². The van der Waals surface area contributed by atoms with Crippen molar-refractivity contribution >= 4 is 5.97 Å². The Labute approximate surface area is 120 Å². The van der Waals surface area contributed by atoms with Crippen molar-refractivity contribution in [3.63, 3.8) is 0 Å². The zero-order valence-electron chi connectivity index (χ0n) is 12.7. The molecule has 1 aromatic heterocycles. The fraction of sp³-hybridized carbons (Fsp3) is 0.688. The Morgan fingerprint density at radius 2 is 2.15 bits per heavy atom. The van der Waals surface area contributed by atoms with Crippen molar-refractivity contribution < 1.29 is 13.9 Å². The van der Waals surface area contributed by atoms with Gasteiger partial charge in [-0.15, -0.1) is 0 Å². The second-order valence-electron chi connectivity index (χ2n) is 5.74. The summed E-state index contributed by atoms with van der Waals surface area (Å²) in [5.41, 5.74) is 0.523. The SMILES string of the molecule is COC(=O)c1cc(CN[C@H](C)C2CCCCC2)oc1C. The maximum Gasteiger partial charge on any atom is 0.341 e. The number of ether oxygens (including phenoxy) is 1. The summed E-state index contributed by atoms with van der Waals surface area (Å²) >= 11 is 0. The Bertz CT molecular complexity index is 447. The van der Waals surface area contributed by atoms with Gasteiger partial charge in [0, 0.05) is 6.04 Å². The van der Waals surface area contributed by atoms with Gasteiger partial charge in [-0.1, -0.05) is 19.3 Å². The second kappa shape index (κ2) is 6.93. The largest absolute Gasteiger partial charge is 0.465 e. The van der Waals surface area contributed by atoms with Crippen LogP contribution in [0.5, 0.6) is 0 Å². The molecule has 1 heterocycles. The van der Waals surface area contributed by atoms with Crippen LogP contribution in [0.2, 0.25) is 0 Å². The standard InChI is InChI=1S/C16H25NO3/c1-11(13-7-5-4-6-8-13)17-10-14-9-15(12(2)20-14)16(18)19-3/h9,11,13,17H,4-8,10H2,1-3H3/t11-/m1/s1. The molecule has 1 aromatic rings. The molecule has 112 valence electrons. The Balaban J connectivity index is 1.88. The molecule has 0 unspecified atom stereocenters. The van der Waals surface area contributed by atoms with Crippen molar-refractivity contribution in [2.75, 3.05) is 7.11 Å². The van der Waals surface area contributed by atoms with Crippen molar-refractivity contribution in [2.24, 2.45) is 5.92 Å². The van der Waals surface area contributed by atoms with Gasteiger partial charge >= 0.3 is 5.97 Å². The van der Waals surface area contributed by atoms with Crippen LogP contribution in [-0.2, 0) is 11.3 Å². The molecule has 0 bridgehead atoms. The van der Waals surface area contributed by atoms with Crippen LogP contribution in [0.1, 0.15) is 60.9 Å². The summed E-state index contributed by atoms with van der Waals surface area (Å²) < 4.78 is 10.3. The fourth-order valence-corrected chi connectivity index (χ4v) is 3.01. The number of carbonyl (C=O) groups is 1. The van der Waals surface area contributed by atoms with Gasteiger partial charge in [0.1, 0.15) is 17.1 Å². The molecule has 2 rings (SSSR count). The molecule has 0 saturated heterocycles. The van der Waals surface area contributed by atoms with E-state index in [0.29, 0.717) is 23.9 Å². The van der Waals surface area contributed by atoms with E-state index in [-0.39, 0.29) is 5.97 Å². The predicted octanol–water partition coefficient (Wildman–Crippen LogP) is 3.43. The van der Waals surface area contributed by atoms with Gasteiger partial charge < -0.3 is 14.5 Å². The van der Waals surface area contributed by atoms with Crippen LogP contribution in [-0.4, -0.2) is 19.1 Å². The third kappa shape index (κ3) is 3.63. The molecular weight excluding hydrogens is 254 g/mol. The molecule has 1 saturated carbocycles. The van der Waals surface area contributed by atoms with Crippen molar-refractivity contribution in [1.82, 2.24) is 5.32 Å². The molecule has 1 atom stereocenters. The van der Waals surface area contributed by atoms with Crippen molar-refractivity contribution in [2.45, 2.75) is 58.5 Å². The van der Waals surface area contributed by atoms with Crippen LogP contribution in [0.15, 0.2) is 10.5 Å². The van der Waals surface area contributed by atoms with Gasteiger partial charge in [0.05, 0.1) is 13.7 Å². The maximum absolute atomic E-state index is 11.5. The van der Waals surface area contributed by atoms with Crippen LogP contribution in [0.25, 0.3) is 0 Å². The Morgan fingerprint density at radius 1 is 1.45 bits per heavy atom. The van der Waals surface area contributed by atoms with Gasteiger partial charge in [-0.25, -0.2) is 4.79 Å². The van der Waals surface area contributed by atoms with E-state index < -0.39 is 0 Å². The molecule has 0 radical (unpaired) electrons. The topological polar surface area (TPSA) is 51.5 Å². The monoisotopic (exact) mass is 279 g/mol. The first-order chi connectivity index (χ1) is 9.61. The van der Waals surface area contributed by atoms with E-state index in [1.165, 1.54) is 39.2 Å². The molecule has 1 N–H and O–H groups in total. The van der Waals surface area contributed by atoms with E-state index in [1.54, 1.807) is 13.0 Å². The summed E-state index contributed by atoms with van der Waals surface area (Å²) in [5, 5.41) is 3.52. The van der Waals surface area contributed by atoms with Crippen LogP contribution in [0.4, 0.5) is 0 Å². The minimum atomic E-state index is -0.335. The molecule has 4 nitrogen and oxygen atoms in total. The number of rotatable bonds is 5. The van der Waals surface area contributed by atoms with Crippen molar-refractivity contribution in [1.29, 1.82) is 0 Å². The lowest BCUT2D eigenvalue weighted by Gasteiger charge is -2.28. The van der Waals surface area contributed by atoms with Gasteiger partial charge in [0.15, 0.2) is 0 Å². The van der Waals surface area contributed by atoms with Crippen LogP contribution >= 0.6 is 0 Å². The summed E-state index contributed by atoms with van der Waals surface area (Å²) in [4.78, 5) is 11.5. The molecule has 0 aliphatic heterocycles. The highest BCUT2D eigenvalue weighted by Crippen LogP contribution is 2.26. The lowest BCUT2D eigenvalue weighted by molar-refractivity contribution is 0.0599. The minimum Gasteiger partial charge on any atom is -0.465 e. The van der Waals surface area contributed by atoms with Crippen molar-refractivity contribution in [3.05, 3.63) is 23.2 Å². The predicted molar refractivity (Wildman–Crippen MR) is 77.7 cm³/mol. The zero-order valence-corrected chi connectivity index (χ0v) is 12.7. The molecule has 4 heteroatoms. The smallest absolute Gasteiger partial charge is 0.341 e. The van der Waals surface area contributed by atoms with Crippen LogP contribution < -0.4 is 5.32 Å². The van der Waals surface area contributed by atoms with E-state index in [2.05, 4.69) is 12.2 Å². The quantitative estimate of drug-likeness (QED) is 0.839. The van der Waals surface area contributed by atoms with Gasteiger partial charge in [-0.3, -0.25) is 0 Å². The number of hydrogen-bond acceptors (Lipinski definition) is 4. The first-order valence-corrected chi connectivity index (χ1v) is 7.53. The maximum atomic E-state index is 11.5. The Morgan fingerprint density at radius 3 is 2.80 bits per heavy atom. The molecule has 1 aliphatic rings. The number of esters is 1. The number of hydrogen-bond donors (Lipinski definition) is 1. The van der Waals surface area contributed by atoms with E-state index in [1.807, 2.05) is 0 Å². The van der Waals surface area contributed by atoms with Crippen LogP contribution in [0, 0.1) is 12.8 Å². The number of nitrogens with one attached hydrogen (secondary N) is 1. The first kappa shape index (κ1) is 15.1. The number of methoxy groups -OCH3 is 1. The summed E-state index contributed by atoms with van der Waals surface area (Å²) in [6.45, 7) is 4.70. The van der Waals surface area contributed by atoms with E-state index in [9.17, 15) is 4.79 Å². The second-order valence-corrected chi connectivity index (χ2v) is 5.74. The molecule has 20 heavy (non-hydrogen) atoms. The normalized spacial score (nSPS) is 17.9. The number of carbonyl (C=O) groups excluding carboxylic acids is 1. The van der Waals surface area contributed by atoms with Gasteiger partial charge in [0.25, 0.3) is 0 Å². The zero-order chi connectivity index (χ0) is 14.5. The third-order valence-electron chi connectivity index (χ3n) is 4.33. The molecule has 0 aromatic carbocycles. The number of furan rings is 1. The summed E-state index contributed by atoms with van der Waals surface area (Å²) in [6, 6.07) is 2.27. The summed E-state index contributed by atoms with van der Waals surface area (Å²) in [7, 11) is 1.39. The van der Waals surface area contributed by atoms with Gasteiger partial charge in [-0.2, -0.15) is 0 Å². The molecule has 0 amide bonds. The van der Waals surface area contributed by atoms with Gasteiger partial charge in [0.2, 0.25) is 0 Å². The van der Waals surface area contributed by atoms with E-state index >= 15 is 0 Å². The highest BCUT2D eigenvalue weighted by atomic mass is 16.5. The molecule has 1 fully saturated rings. The highest BCUT2D eigenvalue weighted by Gasteiger charge is 2.20. The Kier molecular flexibility index (Phi) is 5.24. The average Bonchev–Trinajstić information content (AvgIpc) is 2.86. The van der Waals surface area contributed by atoms with E-state index in [4.69, 9.17) is 9.15 Å². The highest BCUT2D eigenvalue weighted by molar-refractivity contribution is 5.90. The summed E-state index contributed by atoms with van der Waals surface area (Å²) in [6.07, 6.45) is 6.71. The lowest BCUT2D eigenvalue weighted by Crippen LogP contribution is -2.34. The first-order valence-electron chi connectivity index (χ1n) is 7.53. The van der Waals surface area contributed by atoms with Crippen molar-refractivity contribution in [3.8, 4) is 0 Å². The van der Waals surface area contributed by atoms with Gasteiger partial charge in [-0.05, 0) is 38.7 Å². The molecule has 1 aliphatic carbocycles. The third-order valence-corrected chi connectivity index (χ3v) is 4.33. The summed E-state index contributed by atoms with van der Waals surface area (Å²) in [5.74, 6) is 1.85.